The predicted octanol–water partition coefficient (Wildman–Crippen LogP) is 3.05. The summed E-state index contributed by atoms with van der Waals surface area (Å²) in [7, 11) is 1.66. The standard InChI is InChI=1S/C19H21N7O/c1-4-15-9-18(19-23-20-12-26(19)24-15)22-13(2)14-10-21-25(11-14)16-5-7-17(27-3)8-6-16/h5-13,22H,4H2,1-3H3. The van der Waals surface area contributed by atoms with Crippen molar-refractivity contribution in [2.24, 2.45) is 0 Å². The number of nitrogens with one attached hydrogen (secondary N) is 1. The number of benzene rings is 1. The van der Waals surface area contributed by atoms with Crippen molar-refractivity contribution in [3.63, 3.8) is 0 Å². The maximum atomic E-state index is 5.20. The van der Waals surface area contributed by atoms with Crippen molar-refractivity contribution in [1.29, 1.82) is 0 Å². The maximum absolute atomic E-state index is 5.20. The molecule has 27 heavy (non-hydrogen) atoms. The molecular formula is C19H21N7O. The molecule has 0 aliphatic heterocycles. The van der Waals surface area contributed by atoms with E-state index in [2.05, 4.69) is 39.6 Å². The van der Waals surface area contributed by atoms with E-state index in [9.17, 15) is 0 Å². The molecule has 8 heteroatoms. The van der Waals surface area contributed by atoms with Crippen molar-refractivity contribution in [2.75, 3.05) is 12.4 Å². The third kappa shape index (κ3) is 3.33. The van der Waals surface area contributed by atoms with Gasteiger partial charge in [-0.05, 0) is 43.7 Å². The Balaban J connectivity index is 1.58. The van der Waals surface area contributed by atoms with Gasteiger partial charge in [0, 0.05) is 11.8 Å². The van der Waals surface area contributed by atoms with Gasteiger partial charge in [0.05, 0.1) is 36.4 Å². The molecule has 0 aliphatic rings. The van der Waals surface area contributed by atoms with Crippen LogP contribution in [0, 0.1) is 0 Å². The molecule has 1 unspecified atom stereocenters. The molecule has 3 heterocycles. The number of fused-ring (bicyclic) bond motifs is 1. The fourth-order valence-corrected chi connectivity index (χ4v) is 2.91. The normalized spacial score (nSPS) is 12.3. The maximum Gasteiger partial charge on any atom is 0.200 e. The van der Waals surface area contributed by atoms with Gasteiger partial charge in [0.25, 0.3) is 0 Å². The summed E-state index contributed by atoms with van der Waals surface area (Å²) in [6, 6.07) is 9.86. The fraction of sp³-hybridized carbons (Fsp3) is 0.263. The van der Waals surface area contributed by atoms with Gasteiger partial charge in [-0.15, -0.1) is 10.2 Å². The van der Waals surface area contributed by atoms with Crippen molar-refractivity contribution in [3.05, 3.63) is 60.3 Å². The topological polar surface area (TPSA) is 82.2 Å². The van der Waals surface area contributed by atoms with Crippen molar-refractivity contribution < 1.29 is 4.74 Å². The minimum absolute atomic E-state index is 0.0459. The van der Waals surface area contributed by atoms with Crippen LogP contribution in [0.4, 0.5) is 5.69 Å². The highest BCUT2D eigenvalue weighted by Gasteiger charge is 2.13. The van der Waals surface area contributed by atoms with E-state index in [0.717, 1.165) is 34.8 Å². The zero-order chi connectivity index (χ0) is 18.8. The van der Waals surface area contributed by atoms with Crippen LogP contribution in [0.15, 0.2) is 49.1 Å². The molecule has 0 saturated carbocycles. The Morgan fingerprint density at radius 1 is 1.22 bits per heavy atom. The van der Waals surface area contributed by atoms with Crippen LogP contribution in [0.1, 0.15) is 31.1 Å². The SMILES string of the molecule is CCc1cc(NC(C)c2cnn(-c3ccc(OC)cc3)c2)c2nncn2n1. The fourth-order valence-electron chi connectivity index (χ4n) is 2.91. The monoisotopic (exact) mass is 363 g/mol. The second kappa shape index (κ2) is 7.06. The van der Waals surface area contributed by atoms with E-state index in [4.69, 9.17) is 4.74 Å². The molecule has 4 aromatic rings. The Morgan fingerprint density at radius 2 is 2.04 bits per heavy atom. The molecule has 0 fully saturated rings. The minimum Gasteiger partial charge on any atom is -0.497 e. The summed E-state index contributed by atoms with van der Waals surface area (Å²) >= 11 is 0. The van der Waals surface area contributed by atoms with Crippen molar-refractivity contribution >= 4 is 11.3 Å². The average molecular weight is 363 g/mol. The summed E-state index contributed by atoms with van der Waals surface area (Å²) in [5, 5.41) is 20.6. The first-order valence-electron chi connectivity index (χ1n) is 8.83. The zero-order valence-electron chi connectivity index (χ0n) is 15.5. The number of aryl methyl sites for hydroxylation is 1. The summed E-state index contributed by atoms with van der Waals surface area (Å²) in [6.07, 6.45) is 6.34. The molecule has 0 aliphatic carbocycles. The number of methoxy groups -OCH3 is 1. The molecule has 0 radical (unpaired) electrons. The van der Waals surface area contributed by atoms with E-state index in [-0.39, 0.29) is 6.04 Å². The Kier molecular flexibility index (Phi) is 4.45. The van der Waals surface area contributed by atoms with Gasteiger partial charge >= 0.3 is 0 Å². The van der Waals surface area contributed by atoms with Gasteiger partial charge < -0.3 is 10.1 Å². The molecule has 0 amide bonds. The van der Waals surface area contributed by atoms with Crippen LogP contribution in [0.2, 0.25) is 0 Å². The smallest absolute Gasteiger partial charge is 0.200 e. The van der Waals surface area contributed by atoms with Crippen LogP contribution < -0.4 is 10.1 Å². The number of anilines is 1. The number of hydrogen-bond donors (Lipinski definition) is 1. The lowest BCUT2D eigenvalue weighted by molar-refractivity contribution is 0.414. The van der Waals surface area contributed by atoms with Crippen LogP contribution >= 0.6 is 0 Å². The lowest BCUT2D eigenvalue weighted by Gasteiger charge is -2.14. The summed E-state index contributed by atoms with van der Waals surface area (Å²) < 4.78 is 8.76. The summed E-state index contributed by atoms with van der Waals surface area (Å²) in [5.74, 6) is 0.822. The number of aromatic nitrogens is 6. The number of ether oxygens (including phenoxy) is 1. The molecule has 1 atom stereocenters. The average Bonchev–Trinajstić information content (AvgIpc) is 3.37. The van der Waals surface area contributed by atoms with Crippen LogP contribution in [-0.4, -0.2) is 36.7 Å². The number of hydrogen-bond acceptors (Lipinski definition) is 6. The highest BCUT2D eigenvalue weighted by molar-refractivity contribution is 5.67. The largest absolute Gasteiger partial charge is 0.497 e. The van der Waals surface area contributed by atoms with Crippen LogP contribution in [-0.2, 0) is 6.42 Å². The molecule has 138 valence electrons. The lowest BCUT2D eigenvalue weighted by Crippen LogP contribution is -2.09. The van der Waals surface area contributed by atoms with Gasteiger partial charge in [-0.1, -0.05) is 6.92 Å². The van der Waals surface area contributed by atoms with Crippen LogP contribution in [0.5, 0.6) is 5.75 Å². The van der Waals surface area contributed by atoms with Gasteiger partial charge in [-0.2, -0.15) is 14.7 Å². The van der Waals surface area contributed by atoms with E-state index in [1.54, 1.807) is 18.0 Å². The first-order valence-corrected chi connectivity index (χ1v) is 8.83. The van der Waals surface area contributed by atoms with Crippen molar-refractivity contribution in [3.8, 4) is 11.4 Å². The minimum atomic E-state index is 0.0459. The lowest BCUT2D eigenvalue weighted by atomic mass is 10.2. The second-order valence-electron chi connectivity index (χ2n) is 6.28. The summed E-state index contributed by atoms with van der Waals surface area (Å²) in [4.78, 5) is 0. The molecule has 4 rings (SSSR count). The molecule has 0 bridgehead atoms. The van der Waals surface area contributed by atoms with Crippen molar-refractivity contribution in [1.82, 2.24) is 29.6 Å². The quantitative estimate of drug-likeness (QED) is 0.567. The Labute approximate surface area is 156 Å². The molecule has 3 aromatic heterocycles. The van der Waals surface area contributed by atoms with E-state index in [1.165, 1.54) is 0 Å². The van der Waals surface area contributed by atoms with Crippen LogP contribution in [0.25, 0.3) is 11.3 Å². The Morgan fingerprint density at radius 3 is 2.78 bits per heavy atom. The van der Waals surface area contributed by atoms with Crippen molar-refractivity contribution in [2.45, 2.75) is 26.3 Å². The Hall–Kier alpha value is -3.42. The number of rotatable bonds is 6. The summed E-state index contributed by atoms with van der Waals surface area (Å²) in [5.41, 5.74) is 4.64. The molecule has 0 saturated heterocycles. The Bertz CT molecular complexity index is 1050. The van der Waals surface area contributed by atoms with E-state index in [0.29, 0.717) is 5.65 Å². The highest BCUT2D eigenvalue weighted by atomic mass is 16.5. The third-order valence-electron chi connectivity index (χ3n) is 4.49. The molecular weight excluding hydrogens is 342 g/mol. The molecule has 1 N–H and O–H groups in total. The second-order valence-corrected chi connectivity index (χ2v) is 6.28. The van der Waals surface area contributed by atoms with E-state index < -0.39 is 0 Å². The third-order valence-corrected chi connectivity index (χ3v) is 4.49. The number of nitrogens with zero attached hydrogens (tertiary/aromatic N) is 6. The molecule has 1 aromatic carbocycles. The van der Waals surface area contributed by atoms with Crippen LogP contribution in [0.3, 0.4) is 0 Å². The summed E-state index contributed by atoms with van der Waals surface area (Å²) in [6.45, 7) is 4.17. The van der Waals surface area contributed by atoms with Gasteiger partial charge in [-0.3, -0.25) is 0 Å². The molecule has 8 nitrogen and oxygen atoms in total. The van der Waals surface area contributed by atoms with Gasteiger partial charge in [0.2, 0.25) is 5.65 Å². The van der Waals surface area contributed by atoms with Gasteiger partial charge in [0.1, 0.15) is 12.1 Å². The highest BCUT2D eigenvalue weighted by Crippen LogP contribution is 2.23. The van der Waals surface area contributed by atoms with E-state index >= 15 is 0 Å². The van der Waals surface area contributed by atoms with E-state index in [1.807, 2.05) is 47.4 Å². The van der Waals surface area contributed by atoms with Gasteiger partial charge in [0.15, 0.2) is 0 Å². The predicted molar refractivity (Wildman–Crippen MR) is 102 cm³/mol. The zero-order valence-corrected chi connectivity index (χ0v) is 15.5. The first-order chi connectivity index (χ1) is 13.2. The first kappa shape index (κ1) is 17.0. The molecule has 0 spiro atoms. The van der Waals surface area contributed by atoms with Gasteiger partial charge in [-0.25, -0.2) is 4.68 Å².